The smallest absolute Gasteiger partial charge is 0.314 e. The number of hydrogen-bond donors (Lipinski definition) is 6. The zero-order valence-corrected chi connectivity index (χ0v) is 46.5. The third kappa shape index (κ3) is 18.6. The maximum absolute atomic E-state index is 14.9. The zero-order valence-electron chi connectivity index (χ0n) is 43.3. The number of halogens is 4. The first-order chi connectivity index (χ1) is 37.7. The first-order valence-electron chi connectivity index (χ1n) is 26.2. The fourth-order valence-electron chi connectivity index (χ4n) is 9.32. The van der Waals surface area contributed by atoms with Crippen LogP contribution in [0.4, 0.5) is 18.4 Å². The Morgan fingerprint density at radius 3 is 1.51 bits per heavy atom. The summed E-state index contributed by atoms with van der Waals surface area (Å²) in [6.45, 7) is 4.96. The average Bonchev–Trinajstić information content (AvgIpc) is 4.11. The minimum atomic E-state index is -3.82. The Balaban J connectivity index is 0.622. The van der Waals surface area contributed by atoms with Crippen molar-refractivity contribution in [1.29, 1.82) is 0 Å². The Kier molecular flexibility index (Phi) is 23.8. The molecule has 0 spiro atoms. The first-order valence-corrected chi connectivity index (χ1v) is 30.0. The summed E-state index contributed by atoms with van der Waals surface area (Å²) in [5.41, 5.74) is 2.61. The van der Waals surface area contributed by atoms with Crippen LogP contribution in [0.25, 0.3) is 0 Å². The highest BCUT2D eigenvalue weighted by Gasteiger charge is 2.40. The molecule has 25 heteroatoms. The van der Waals surface area contributed by atoms with Crippen molar-refractivity contribution in [3.63, 3.8) is 0 Å². The van der Waals surface area contributed by atoms with E-state index in [-0.39, 0.29) is 125 Å². The number of amides is 4. The second-order valence-corrected chi connectivity index (χ2v) is 23.1. The molecule has 3 atom stereocenters. The van der Waals surface area contributed by atoms with E-state index >= 15 is 0 Å². The SMILES string of the molecule is O=C(NCCCCNC(=O)NCCOCCOCCNS(=O)(=O)c1ccc(O[C@H]2c3cc(Cl)cc(F)c3C[C@@H]2N2CCCCC2)cc1)NCCOCCOCCNS(=O)(=O)c1ccc(O[C@@H]2CCc3c(F)cc(Cl)cc32)cc1. The number of ether oxygens (including phenoxy) is 6. The van der Waals surface area contributed by atoms with Crippen molar-refractivity contribution in [3.8, 4) is 11.5 Å². The Morgan fingerprint density at radius 1 is 0.551 bits per heavy atom. The summed E-state index contributed by atoms with van der Waals surface area (Å²) in [6.07, 6.45) is 5.39. The van der Waals surface area contributed by atoms with E-state index in [0.717, 1.165) is 37.9 Å². The number of benzene rings is 4. The molecule has 7 rings (SSSR count). The van der Waals surface area contributed by atoms with Crippen LogP contribution in [0.3, 0.4) is 0 Å². The third-order valence-electron chi connectivity index (χ3n) is 13.2. The van der Waals surface area contributed by atoms with Gasteiger partial charge < -0.3 is 49.7 Å². The Labute approximate surface area is 465 Å². The van der Waals surface area contributed by atoms with Crippen molar-refractivity contribution in [1.82, 2.24) is 35.6 Å². The van der Waals surface area contributed by atoms with Crippen molar-refractivity contribution in [2.24, 2.45) is 0 Å². The van der Waals surface area contributed by atoms with Gasteiger partial charge in [-0.05, 0) is 148 Å². The quantitative estimate of drug-likeness (QED) is 0.0285. The number of piperidine rings is 1. The number of likely N-dealkylation sites (tertiary alicyclic amines) is 1. The van der Waals surface area contributed by atoms with Crippen LogP contribution < -0.4 is 40.2 Å². The van der Waals surface area contributed by atoms with Crippen molar-refractivity contribution in [3.05, 3.63) is 117 Å². The van der Waals surface area contributed by atoms with Crippen LogP contribution in [0.15, 0.2) is 82.6 Å². The molecule has 0 aromatic heterocycles. The number of sulfonamides is 2. The molecule has 2 aliphatic carbocycles. The number of nitrogens with one attached hydrogen (secondary N) is 6. The van der Waals surface area contributed by atoms with Crippen molar-refractivity contribution >= 4 is 55.3 Å². The van der Waals surface area contributed by atoms with Gasteiger partial charge in [0.05, 0.1) is 68.7 Å². The van der Waals surface area contributed by atoms with E-state index in [1.165, 1.54) is 36.4 Å². The summed E-state index contributed by atoms with van der Waals surface area (Å²) in [5.74, 6) is 0.227. The molecular formula is C53H69Cl2F2N7O12S2. The predicted molar refractivity (Wildman–Crippen MR) is 289 cm³/mol. The number of nitrogens with zero attached hydrogens (tertiary/aromatic N) is 1. The number of urea groups is 2. The van der Waals surface area contributed by atoms with Crippen LogP contribution in [-0.4, -0.2) is 145 Å². The molecule has 3 aliphatic rings. The van der Waals surface area contributed by atoms with Crippen molar-refractivity contribution in [2.75, 3.05) is 105 Å². The summed E-state index contributed by atoms with van der Waals surface area (Å²) in [7, 11) is -7.61. The van der Waals surface area contributed by atoms with E-state index in [0.29, 0.717) is 83.4 Å². The first kappa shape index (κ1) is 60.7. The molecule has 1 saturated heterocycles. The van der Waals surface area contributed by atoms with Crippen LogP contribution in [-0.2, 0) is 51.8 Å². The summed E-state index contributed by atoms with van der Waals surface area (Å²) in [4.78, 5) is 26.6. The van der Waals surface area contributed by atoms with E-state index in [9.17, 15) is 35.2 Å². The molecule has 4 aromatic rings. The minimum Gasteiger partial charge on any atom is -0.486 e. The van der Waals surface area contributed by atoms with E-state index in [2.05, 4.69) is 35.6 Å². The summed E-state index contributed by atoms with van der Waals surface area (Å²) < 4.78 is 120. The second-order valence-electron chi connectivity index (χ2n) is 18.7. The molecule has 6 N–H and O–H groups in total. The highest BCUT2D eigenvalue weighted by atomic mass is 35.5. The maximum Gasteiger partial charge on any atom is 0.314 e. The van der Waals surface area contributed by atoms with Gasteiger partial charge in [-0.25, -0.2) is 44.6 Å². The van der Waals surface area contributed by atoms with Crippen LogP contribution in [0.1, 0.15) is 73.0 Å². The fourth-order valence-corrected chi connectivity index (χ4v) is 11.8. The average molecular weight is 1170 g/mol. The molecule has 4 amide bonds. The van der Waals surface area contributed by atoms with Gasteiger partial charge >= 0.3 is 12.1 Å². The molecule has 1 heterocycles. The van der Waals surface area contributed by atoms with Gasteiger partial charge in [0.15, 0.2) is 0 Å². The van der Waals surface area contributed by atoms with Gasteiger partial charge in [0.1, 0.15) is 35.3 Å². The fraction of sp³-hybridized carbons (Fsp3) is 0.509. The van der Waals surface area contributed by atoms with Gasteiger partial charge in [0, 0.05) is 54.9 Å². The van der Waals surface area contributed by atoms with Gasteiger partial charge in [-0.3, -0.25) is 4.90 Å². The topological polar surface area (TPSA) is 233 Å². The van der Waals surface area contributed by atoms with Gasteiger partial charge in [-0.15, -0.1) is 0 Å². The van der Waals surface area contributed by atoms with Gasteiger partial charge in [0.25, 0.3) is 0 Å². The van der Waals surface area contributed by atoms with Crippen molar-refractivity contribution in [2.45, 2.75) is 79.4 Å². The Morgan fingerprint density at radius 2 is 1.00 bits per heavy atom. The normalized spacial score (nSPS) is 17.3. The highest BCUT2D eigenvalue weighted by Crippen LogP contribution is 2.42. The molecule has 78 heavy (non-hydrogen) atoms. The van der Waals surface area contributed by atoms with Crippen molar-refractivity contribution < 1.29 is 63.6 Å². The van der Waals surface area contributed by atoms with Crippen LogP contribution in [0.2, 0.25) is 10.0 Å². The standard InChI is InChI=1S/C53H69Cl2F2N7O12S2/c54-37-32-45-43(47(56)34-37)14-15-50(45)75-39-6-10-41(11-7-39)77(67,68)62-20-26-73-30-28-71-24-18-60-52(65)58-16-2-3-17-59-53(66)61-19-25-72-29-31-74-27-21-63-78(69,70)42-12-8-40(9-13-42)76-51-46-33-38(55)35-48(57)44(46)36-49(51)64-22-4-1-5-23-64/h6-13,32-35,49-51,62-63H,1-5,14-31,36H2,(H2,58,60,65)(H2,59,61,66)/t49-,50+,51-/m0/s1. The molecule has 4 aromatic carbocycles. The van der Waals surface area contributed by atoms with E-state index in [1.54, 1.807) is 36.4 Å². The molecule has 0 bridgehead atoms. The third-order valence-corrected chi connectivity index (χ3v) is 16.6. The molecule has 1 fully saturated rings. The molecule has 0 saturated carbocycles. The van der Waals surface area contributed by atoms with E-state index in [1.807, 2.05) is 0 Å². The lowest BCUT2D eigenvalue weighted by Gasteiger charge is -2.35. The highest BCUT2D eigenvalue weighted by molar-refractivity contribution is 7.89. The number of unbranched alkanes of at least 4 members (excludes halogenated alkanes) is 1. The van der Waals surface area contributed by atoms with Gasteiger partial charge in [0.2, 0.25) is 20.0 Å². The monoisotopic (exact) mass is 1170 g/mol. The van der Waals surface area contributed by atoms with Gasteiger partial charge in [-0.1, -0.05) is 29.6 Å². The lowest BCUT2D eigenvalue weighted by Crippen LogP contribution is -2.43. The molecule has 0 radical (unpaired) electrons. The lowest BCUT2D eigenvalue weighted by molar-refractivity contribution is 0.0516. The van der Waals surface area contributed by atoms with E-state index < -0.39 is 26.2 Å². The number of hydrogen-bond acceptors (Lipinski definition) is 13. The largest absolute Gasteiger partial charge is 0.486 e. The summed E-state index contributed by atoms with van der Waals surface area (Å²) in [6, 6.07) is 17.5. The lowest BCUT2D eigenvalue weighted by atomic mass is 10.0. The molecular weight excluding hydrogens is 1100 g/mol. The number of fused-ring (bicyclic) bond motifs is 2. The summed E-state index contributed by atoms with van der Waals surface area (Å²) in [5, 5.41) is 11.5. The second kappa shape index (κ2) is 30.6. The number of carbonyl (C=O) groups is 2. The van der Waals surface area contributed by atoms with Crippen LogP contribution >= 0.6 is 23.2 Å². The number of rotatable bonds is 32. The van der Waals surface area contributed by atoms with Crippen LogP contribution in [0.5, 0.6) is 11.5 Å². The molecule has 1 aliphatic heterocycles. The maximum atomic E-state index is 14.9. The summed E-state index contributed by atoms with van der Waals surface area (Å²) >= 11 is 12.3. The van der Waals surface area contributed by atoms with Crippen LogP contribution in [0, 0.1) is 11.6 Å². The Hall–Kier alpha value is -4.92. The molecule has 428 valence electrons. The number of carbonyl (C=O) groups excluding carboxylic acids is 2. The molecule has 19 nitrogen and oxygen atoms in total. The van der Waals surface area contributed by atoms with Gasteiger partial charge in [-0.2, -0.15) is 0 Å². The minimum absolute atomic E-state index is 0.0442. The zero-order chi connectivity index (χ0) is 55.3. The predicted octanol–water partition coefficient (Wildman–Crippen LogP) is 6.57. The Bertz CT molecular complexity index is 2800. The molecule has 0 unspecified atom stereocenters. The van der Waals surface area contributed by atoms with E-state index in [4.69, 9.17) is 51.6 Å².